The van der Waals surface area contributed by atoms with Crippen LogP contribution in [0.2, 0.25) is 0 Å². The Hall–Kier alpha value is -4.76. The van der Waals surface area contributed by atoms with Crippen LogP contribution in [0, 0.1) is 24.6 Å². The highest BCUT2D eigenvalue weighted by Gasteiger charge is 2.24. The molecule has 1 aliphatic heterocycles. The number of nitrogens with one attached hydrogen (secondary N) is 2. The van der Waals surface area contributed by atoms with Gasteiger partial charge >= 0.3 is 5.97 Å². The Morgan fingerprint density at radius 3 is 2.66 bits per heavy atom. The number of carboxylic acids is 1. The second-order valence-corrected chi connectivity index (χ2v) is 16.7. The molecule has 0 spiro atoms. The number of carboxylic acid groups (broad SMARTS) is 1. The van der Waals surface area contributed by atoms with Gasteiger partial charge in [-0.3, -0.25) is 4.90 Å². The van der Waals surface area contributed by atoms with E-state index >= 15 is 0 Å². The second kappa shape index (κ2) is 21.3. The summed E-state index contributed by atoms with van der Waals surface area (Å²) in [4.78, 5) is 28.5. The fraction of sp³-hybridized carbons (Fsp3) is 0.452. The van der Waals surface area contributed by atoms with E-state index < -0.39 is 17.9 Å². The number of likely N-dealkylation sites (tertiary alicyclic amines) is 1. The highest BCUT2D eigenvalue weighted by molar-refractivity contribution is 7.22. The summed E-state index contributed by atoms with van der Waals surface area (Å²) < 4.78 is 21.6. The summed E-state index contributed by atoms with van der Waals surface area (Å²) in [6.07, 6.45) is 5.18. The monoisotopic (exact) mass is 829 g/mol. The minimum absolute atomic E-state index is 0.0476. The van der Waals surface area contributed by atoms with Crippen LogP contribution in [0.15, 0.2) is 48.5 Å². The smallest absolute Gasteiger partial charge is 0.355 e. The van der Waals surface area contributed by atoms with E-state index in [1.165, 1.54) is 48.0 Å². The van der Waals surface area contributed by atoms with E-state index in [1.807, 2.05) is 61.2 Å². The first-order valence-electron chi connectivity index (χ1n) is 19.8. The summed E-state index contributed by atoms with van der Waals surface area (Å²) in [7, 11) is 3.83. The van der Waals surface area contributed by atoms with Gasteiger partial charge in [0.25, 0.3) is 0 Å². The van der Waals surface area contributed by atoms with Crippen LogP contribution in [0.1, 0.15) is 65.0 Å². The molecule has 13 nitrogen and oxygen atoms in total. The van der Waals surface area contributed by atoms with Crippen molar-refractivity contribution >= 4 is 60.8 Å². The lowest BCUT2D eigenvalue weighted by molar-refractivity contribution is 0.0690. The van der Waals surface area contributed by atoms with Crippen molar-refractivity contribution in [1.29, 1.82) is 0 Å². The summed E-state index contributed by atoms with van der Waals surface area (Å²) in [6, 6.07) is 14.4. The van der Waals surface area contributed by atoms with Gasteiger partial charge in [0.15, 0.2) is 39.2 Å². The summed E-state index contributed by atoms with van der Waals surface area (Å²) >= 11 is 2.80. The van der Waals surface area contributed by atoms with Gasteiger partial charge in [-0.25, -0.2) is 19.2 Å². The largest absolute Gasteiger partial charge is 0.491 e. The quantitative estimate of drug-likeness (QED) is 0.0486. The van der Waals surface area contributed by atoms with E-state index in [4.69, 9.17) is 4.74 Å². The van der Waals surface area contributed by atoms with Crippen LogP contribution < -0.4 is 20.3 Å². The summed E-state index contributed by atoms with van der Waals surface area (Å²) in [5.41, 5.74) is 2.23. The topological polar surface area (TPSA) is 152 Å². The first kappa shape index (κ1) is 42.8. The number of para-hydroxylation sites is 1. The van der Waals surface area contributed by atoms with Crippen LogP contribution in [-0.4, -0.2) is 119 Å². The van der Waals surface area contributed by atoms with Crippen molar-refractivity contribution in [2.45, 2.75) is 58.0 Å². The van der Waals surface area contributed by atoms with Gasteiger partial charge < -0.3 is 35.4 Å². The first-order valence-corrected chi connectivity index (χ1v) is 21.4. The molecule has 0 aliphatic carbocycles. The number of thiazole rings is 2. The third-order valence-corrected chi connectivity index (χ3v) is 11.7. The number of nitrogens with zero attached hydrogens (tertiary/aromatic N) is 7. The van der Waals surface area contributed by atoms with Crippen LogP contribution in [0.4, 0.5) is 26.3 Å². The molecular formula is C42H52FN9O4S2. The van der Waals surface area contributed by atoms with Crippen molar-refractivity contribution in [1.82, 2.24) is 35.3 Å². The maximum atomic E-state index is 14.8. The number of hydrogen-bond donors (Lipinski definition) is 4. The minimum atomic E-state index is -1.14. The van der Waals surface area contributed by atoms with Gasteiger partial charge in [-0.05, 0) is 115 Å². The van der Waals surface area contributed by atoms with E-state index in [0.29, 0.717) is 77.7 Å². The third kappa shape index (κ3) is 12.4. The lowest BCUT2D eigenvalue weighted by atomic mass is 10.1. The molecular weight excluding hydrogens is 778 g/mol. The van der Waals surface area contributed by atoms with E-state index in [-0.39, 0.29) is 18.1 Å². The number of aromatic carboxylic acids is 1. The molecule has 2 aromatic carbocycles. The summed E-state index contributed by atoms with van der Waals surface area (Å²) in [5, 5.41) is 38.0. The number of carbonyl (C=O) groups is 1. The number of aryl methyl sites for hydroxylation is 2. The Balaban J connectivity index is 1.12. The van der Waals surface area contributed by atoms with Crippen LogP contribution in [0.3, 0.4) is 0 Å². The summed E-state index contributed by atoms with van der Waals surface area (Å²) in [5.74, 6) is 5.47. The zero-order valence-corrected chi connectivity index (χ0v) is 35.0. The molecule has 4 heterocycles. The molecule has 3 aromatic heterocycles. The Morgan fingerprint density at radius 1 is 1.07 bits per heavy atom. The third-order valence-electron chi connectivity index (χ3n) is 9.61. The molecule has 6 rings (SSSR count). The predicted octanol–water partition coefficient (Wildman–Crippen LogP) is 6.71. The highest BCUT2D eigenvalue weighted by atomic mass is 32.1. The van der Waals surface area contributed by atoms with Gasteiger partial charge in [0.1, 0.15) is 0 Å². The van der Waals surface area contributed by atoms with Crippen molar-refractivity contribution in [3.8, 4) is 17.6 Å². The number of ether oxygens (including phenoxy) is 1. The molecule has 5 aromatic rings. The molecule has 4 N–H and O–H groups in total. The average Bonchev–Trinajstić information content (AvgIpc) is 3.83. The Morgan fingerprint density at radius 2 is 1.90 bits per heavy atom. The number of aromatic nitrogens is 4. The molecule has 16 heteroatoms. The predicted molar refractivity (Wildman–Crippen MR) is 230 cm³/mol. The maximum absolute atomic E-state index is 14.8. The SMILES string of the molecule is Cc1cc(N(CCCC(O)CNCCN2CCCCC2)c2nc(C(=O)O)c(CCCOc3ccc(C#CCN(C)C)cc3F)s2)nnc1Nc1nc2ccccc2s1. The molecule has 1 aliphatic rings. The van der Waals surface area contributed by atoms with Gasteiger partial charge in [-0.15, -0.1) is 21.5 Å². The van der Waals surface area contributed by atoms with Crippen LogP contribution in [0.25, 0.3) is 10.2 Å². The van der Waals surface area contributed by atoms with Crippen molar-refractivity contribution in [2.75, 3.05) is 76.7 Å². The summed E-state index contributed by atoms with van der Waals surface area (Å²) in [6.45, 7) is 7.67. The standard InChI is InChI=1S/C42H52FN9O4S2/c1-29-26-37(48-49-39(29)47-41-45-33-14-5-6-15-35(33)57-41)52(23-10-13-31(53)28-44-19-24-51-21-7-4-8-22-51)42-46-38(40(54)55)36(58-42)16-11-25-56-34-18-17-30(27-32(34)43)12-9-20-50(2)3/h5-6,14-15,17-18,26-27,31,44,53H,4,7-8,10-11,13,16,19-25,28H2,1-3H3,(H,54,55)(H,45,47,49). The Bertz CT molecular complexity index is 2150. The molecule has 58 heavy (non-hydrogen) atoms. The van der Waals surface area contributed by atoms with Gasteiger partial charge in [-0.2, -0.15) is 0 Å². The fourth-order valence-corrected chi connectivity index (χ4v) is 8.53. The molecule has 0 radical (unpaired) electrons. The van der Waals surface area contributed by atoms with E-state index in [9.17, 15) is 19.4 Å². The molecule has 1 unspecified atom stereocenters. The van der Waals surface area contributed by atoms with Crippen LogP contribution >= 0.6 is 22.7 Å². The lowest BCUT2D eigenvalue weighted by Gasteiger charge is -2.26. The molecule has 0 saturated carbocycles. The normalized spacial score (nSPS) is 13.7. The van der Waals surface area contributed by atoms with E-state index in [1.54, 1.807) is 12.1 Å². The Labute approximate surface area is 347 Å². The number of anilines is 4. The number of benzene rings is 2. The van der Waals surface area contributed by atoms with Gasteiger partial charge in [0.05, 0.1) is 29.5 Å². The zero-order valence-electron chi connectivity index (χ0n) is 33.3. The lowest BCUT2D eigenvalue weighted by Crippen LogP contribution is -2.38. The van der Waals surface area contributed by atoms with Gasteiger partial charge in [0, 0.05) is 36.6 Å². The van der Waals surface area contributed by atoms with Crippen LogP contribution in [0.5, 0.6) is 5.75 Å². The highest BCUT2D eigenvalue weighted by Crippen LogP contribution is 2.34. The molecule has 1 fully saturated rings. The molecule has 1 saturated heterocycles. The van der Waals surface area contributed by atoms with Crippen molar-refractivity contribution in [3.63, 3.8) is 0 Å². The number of aliphatic hydroxyl groups excluding tert-OH is 1. The van der Waals surface area contributed by atoms with Crippen molar-refractivity contribution in [2.24, 2.45) is 0 Å². The number of hydrogen-bond acceptors (Lipinski definition) is 14. The Kier molecular flexibility index (Phi) is 15.7. The van der Waals surface area contributed by atoms with E-state index in [0.717, 1.165) is 42.0 Å². The van der Waals surface area contributed by atoms with Gasteiger partial charge in [-0.1, -0.05) is 41.7 Å². The molecule has 308 valence electrons. The number of piperidine rings is 1. The van der Waals surface area contributed by atoms with Crippen LogP contribution in [-0.2, 0) is 6.42 Å². The average molecular weight is 830 g/mol. The zero-order chi connectivity index (χ0) is 40.9. The number of aliphatic hydroxyl groups is 1. The van der Waals surface area contributed by atoms with Gasteiger partial charge in [0.2, 0.25) is 0 Å². The number of fused-ring (bicyclic) bond motifs is 1. The van der Waals surface area contributed by atoms with Crippen molar-refractivity contribution in [3.05, 3.63) is 76.0 Å². The fourth-order valence-electron chi connectivity index (χ4n) is 6.54. The minimum Gasteiger partial charge on any atom is -0.491 e. The van der Waals surface area contributed by atoms with Crippen molar-refractivity contribution < 1.29 is 24.1 Å². The molecule has 1 atom stereocenters. The second-order valence-electron chi connectivity index (χ2n) is 14.6. The number of rotatable bonds is 20. The molecule has 0 bridgehead atoms. The van der Waals surface area contributed by atoms with E-state index in [2.05, 4.69) is 47.5 Å². The maximum Gasteiger partial charge on any atom is 0.355 e. The first-order chi connectivity index (χ1) is 28.1. The number of halogens is 1. The molecule has 0 amide bonds.